The molecule has 2 aromatic rings. The molecule has 0 aliphatic heterocycles. The Morgan fingerprint density at radius 1 is 1.11 bits per heavy atom. The van der Waals surface area contributed by atoms with E-state index in [2.05, 4.69) is 29.6 Å². The summed E-state index contributed by atoms with van der Waals surface area (Å²) in [6, 6.07) is 11.3. The standard InChI is InChI=1S/C24H25F3N4O3S/c1-34-18-5-3-17(4-6-18)31(33,35)30-20-7-2-16(24(25,26)27)14-19(20)21(32)29-23-11-8-22(15-28,9-12-23)10-13-23/h2-7,14,33,35H,8-13H2,1H3,(H-,29,30,32)/p+1. The van der Waals surface area contributed by atoms with Gasteiger partial charge < -0.3 is 10.1 Å². The molecule has 0 saturated heterocycles. The van der Waals surface area contributed by atoms with Gasteiger partial charge in [-0.05, 0) is 68.9 Å². The molecular weight excluding hydrogens is 481 g/mol. The van der Waals surface area contributed by atoms with Crippen molar-refractivity contribution < 1.29 is 27.9 Å². The van der Waals surface area contributed by atoms with Gasteiger partial charge in [-0.2, -0.15) is 29.1 Å². The number of halogens is 3. The Balaban J connectivity index is 1.63. The quantitative estimate of drug-likeness (QED) is 0.231. The van der Waals surface area contributed by atoms with Crippen molar-refractivity contribution in [3.63, 3.8) is 0 Å². The van der Waals surface area contributed by atoms with E-state index in [9.17, 15) is 28.4 Å². The lowest BCUT2D eigenvalue weighted by Crippen LogP contribution is -2.56. The Kier molecular flexibility index (Phi) is 6.42. The van der Waals surface area contributed by atoms with Gasteiger partial charge in [0.05, 0.1) is 29.7 Å². The lowest BCUT2D eigenvalue weighted by atomic mass is 9.58. The van der Waals surface area contributed by atoms with Crippen molar-refractivity contribution in [2.75, 3.05) is 12.5 Å². The van der Waals surface area contributed by atoms with Gasteiger partial charge in [-0.1, -0.05) is 0 Å². The predicted molar refractivity (Wildman–Crippen MR) is 127 cm³/mol. The fourth-order valence-corrected chi connectivity index (χ4v) is 5.12. The second kappa shape index (κ2) is 8.93. The highest BCUT2D eigenvalue weighted by molar-refractivity contribution is 7.79. The van der Waals surface area contributed by atoms with E-state index >= 15 is 0 Å². The number of carbonyl (C=O) groups is 1. The molecule has 35 heavy (non-hydrogen) atoms. The second-order valence-corrected chi connectivity index (χ2v) is 9.87. The minimum atomic E-state index is -4.66. The highest BCUT2D eigenvalue weighted by atomic mass is 32.1. The SMILES string of the molecule is COc1ccc([N+](O)(S)Nc2ccc(C(F)(F)F)cc2C(=O)NC23CCC(C#N)(CC2)CC3)cc1. The first-order chi connectivity index (χ1) is 16.4. The number of hydrogen-bond donors (Lipinski definition) is 4. The topological polar surface area (TPSA) is 94.4 Å². The van der Waals surface area contributed by atoms with Crippen molar-refractivity contribution >= 4 is 30.1 Å². The highest BCUT2D eigenvalue weighted by Gasteiger charge is 2.50. The molecule has 0 radical (unpaired) electrons. The lowest BCUT2D eigenvalue weighted by Gasteiger charge is -2.50. The van der Waals surface area contributed by atoms with Gasteiger partial charge in [-0.3, -0.25) is 4.79 Å². The number of carbonyl (C=O) groups excluding carboxylic acids is 1. The Bertz CT molecular complexity index is 1140. The zero-order valence-corrected chi connectivity index (χ0v) is 19.9. The molecule has 0 aromatic heterocycles. The Morgan fingerprint density at radius 2 is 1.71 bits per heavy atom. The van der Waals surface area contributed by atoms with E-state index in [1.165, 1.54) is 19.2 Å². The van der Waals surface area contributed by atoms with Gasteiger partial charge in [0, 0.05) is 21.8 Å². The number of methoxy groups -OCH3 is 1. The maximum Gasteiger partial charge on any atom is 0.416 e. The molecule has 0 heterocycles. The lowest BCUT2D eigenvalue weighted by molar-refractivity contribution is -0.137. The summed E-state index contributed by atoms with van der Waals surface area (Å²) in [4.78, 5) is 13.3. The first-order valence-corrected chi connectivity index (χ1v) is 11.5. The molecule has 186 valence electrons. The van der Waals surface area contributed by atoms with Crippen LogP contribution < -0.4 is 19.6 Å². The van der Waals surface area contributed by atoms with Crippen LogP contribution >= 0.6 is 12.8 Å². The third-order valence-electron chi connectivity index (χ3n) is 7.16. The molecule has 3 fully saturated rings. The van der Waals surface area contributed by atoms with Gasteiger partial charge >= 0.3 is 6.18 Å². The van der Waals surface area contributed by atoms with E-state index in [0.29, 0.717) is 44.3 Å². The van der Waals surface area contributed by atoms with E-state index in [-0.39, 0.29) is 22.4 Å². The molecule has 7 nitrogen and oxygen atoms in total. The summed E-state index contributed by atoms with van der Waals surface area (Å²) in [5.41, 5.74) is 0.665. The number of alkyl halides is 3. The number of nitrogens with zero attached hydrogens (tertiary/aromatic N) is 2. The zero-order valence-electron chi connectivity index (χ0n) is 19.0. The zero-order chi connectivity index (χ0) is 25.5. The van der Waals surface area contributed by atoms with Crippen molar-refractivity contribution in [2.24, 2.45) is 5.41 Å². The molecule has 2 bridgehead atoms. The molecule has 3 N–H and O–H groups in total. The molecule has 3 saturated carbocycles. The van der Waals surface area contributed by atoms with Crippen molar-refractivity contribution in [3.8, 4) is 11.8 Å². The molecule has 1 amide bonds. The maximum absolute atomic E-state index is 13.5. The van der Waals surface area contributed by atoms with Gasteiger partial charge in [0.1, 0.15) is 24.3 Å². The summed E-state index contributed by atoms with van der Waals surface area (Å²) < 4.78 is 44.3. The minimum Gasteiger partial charge on any atom is -0.497 e. The summed E-state index contributed by atoms with van der Waals surface area (Å²) in [7, 11) is 1.49. The molecule has 3 aliphatic rings. The number of amides is 1. The van der Waals surface area contributed by atoms with Gasteiger partial charge in [0.15, 0.2) is 0 Å². The number of nitriles is 1. The highest BCUT2D eigenvalue weighted by Crippen LogP contribution is 2.52. The summed E-state index contributed by atoms with van der Waals surface area (Å²) in [5.74, 6) is -0.149. The van der Waals surface area contributed by atoms with Crippen LogP contribution in [0.2, 0.25) is 0 Å². The van der Waals surface area contributed by atoms with E-state index < -0.39 is 27.3 Å². The van der Waals surface area contributed by atoms with E-state index in [1.54, 1.807) is 12.1 Å². The third kappa shape index (κ3) is 5.05. The van der Waals surface area contributed by atoms with E-state index in [4.69, 9.17) is 4.74 Å². The van der Waals surface area contributed by atoms with Crippen molar-refractivity contribution in [1.29, 1.82) is 5.26 Å². The first-order valence-electron chi connectivity index (χ1n) is 11.1. The summed E-state index contributed by atoms with van der Waals surface area (Å²) in [5, 5.41) is 23.3. The van der Waals surface area contributed by atoms with Crippen LogP contribution in [0.5, 0.6) is 5.75 Å². The second-order valence-electron chi connectivity index (χ2n) is 9.30. The van der Waals surface area contributed by atoms with Crippen LogP contribution in [0.1, 0.15) is 54.4 Å². The first kappa shape index (κ1) is 25.2. The van der Waals surface area contributed by atoms with Crippen LogP contribution in [-0.2, 0) is 6.18 Å². The van der Waals surface area contributed by atoms with Crippen LogP contribution in [0.25, 0.3) is 0 Å². The molecule has 1 unspecified atom stereocenters. The number of ether oxygens (including phenoxy) is 1. The van der Waals surface area contributed by atoms with Gasteiger partial charge in [-0.25, -0.2) is 0 Å². The molecule has 3 aliphatic carbocycles. The van der Waals surface area contributed by atoms with Crippen LogP contribution in [-0.4, -0.2) is 23.8 Å². The van der Waals surface area contributed by atoms with Crippen molar-refractivity contribution in [2.45, 2.75) is 50.2 Å². The number of quaternary nitrogens is 1. The van der Waals surface area contributed by atoms with Crippen LogP contribution in [0.3, 0.4) is 0 Å². The fourth-order valence-electron chi connectivity index (χ4n) is 4.88. The summed E-state index contributed by atoms with van der Waals surface area (Å²) in [6.07, 6.45) is -0.964. The number of rotatable bonds is 6. The molecular formula is C24H26F3N4O3S+. The van der Waals surface area contributed by atoms with Gasteiger partial charge in [-0.15, -0.1) is 0 Å². The van der Waals surface area contributed by atoms with E-state index in [0.717, 1.165) is 18.2 Å². The average Bonchev–Trinajstić information content (AvgIpc) is 2.84. The number of anilines is 1. The molecule has 2 aromatic carbocycles. The molecule has 5 rings (SSSR count). The monoisotopic (exact) mass is 507 g/mol. The Morgan fingerprint density at radius 3 is 2.23 bits per heavy atom. The molecule has 1 atom stereocenters. The van der Waals surface area contributed by atoms with Crippen LogP contribution in [0, 0.1) is 16.7 Å². The van der Waals surface area contributed by atoms with E-state index in [1.807, 2.05) is 0 Å². The summed E-state index contributed by atoms with van der Waals surface area (Å²) in [6.45, 7) is 0. The van der Waals surface area contributed by atoms with Crippen molar-refractivity contribution in [3.05, 3.63) is 53.6 Å². The molecule has 11 heteroatoms. The third-order valence-corrected chi connectivity index (χ3v) is 7.49. The molecule has 0 spiro atoms. The Hall–Kier alpha value is -2.94. The smallest absolute Gasteiger partial charge is 0.416 e. The number of benzene rings is 2. The number of hydrogen-bond acceptors (Lipinski definition) is 6. The minimum absolute atomic E-state index is 0.0294. The Labute approximate surface area is 206 Å². The van der Waals surface area contributed by atoms with Gasteiger partial charge in [0.25, 0.3) is 5.91 Å². The number of thiol groups is 1. The predicted octanol–water partition coefficient (Wildman–Crippen LogP) is 5.63. The van der Waals surface area contributed by atoms with Crippen LogP contribution in [0.15, 0.2) is 42.5 Å². The average molecular weight is 508 g/mol. The van der Waals surface area contributed by atoms with Crippen molar-refractivity contribution in [1.82, 2.24) is 9.48 Å². The largest absolute Gasteiger partial charge is 0.497 e. The van der Waals surface area contributed by atoms with Gasteiger partial charge in [0.2, 0.25) is 5.69 Å². The maximum atomic E-state index is 13.5. The number of fused-ring (bicyclic) bond motifs is 3. The van der Waals surface area contributed by atoms with Crippen LogP contribution in [0.4, 0.5) is 24.5 Å². The summed E-state index contributed by atoms with van der Waals surface area (Å²) >= 11 is 4.20. The normalized spacial score (nSPS) is 25.3. The number of nitrogens with one attached hydrogen (secondary N) is 2. The fraction of sp³-hybridized carbons (Fsp3) is 0.417.